The number of nitrogens with zero attached hydrogens (tertiary/aromatic N) is 4. The van der Waals surface area contributed by atoms with Crippen molar-refractivity contribution in [3.63, 3.8) is 0 Å². The van der Waals surface area contributed by atoms with E-state index in [1.165, 1.54) is 4.68 Å². The molecule has 3 heterocycles. The van der Waals surface area contributed by atoms with Gasteiger partial charge in [0, 0.05) is 45.9 Å². The third kappa shape index (κ3) is 2.72. The van der Waals surface area contributed by atoms with E-state index < -0.39 is 5.60 Å². The third-order valence-corrected chi connectivity index (χ3v) is 4.56. The van der Waals surface area contributed by atoms with Gasteiger partial charge in [-0.3, -0.25) is 9.59 Å². The van der Waals surface area contributed by atoms with Crippen LogP contribution >= 0.6 is 0 Å². The number of piperazine rings is 1. The predicted molar refractivity (Wildman–Crippen MR) is 81.9 cm³/mol. The van der Waals surface area contributed by atoms with Crippen molar-refractivity contribution in [2.45, 2.75) is 25.4 Å². The summed E-state index contributed by atoms with van der Waals surface area (Å²) in [6.45, 7) is 5.26. The molecule has 1 aromatic rings. The van der Waals surface area contributed by atoms with Crippen molar-refractivity contribution in [1.29, 1.82) is 0 Å². The minimum atomic E-state index is -0.646. The van der Waals surface area contributed by atoms with Crippen molar-refractivity contribution in [3.8, 4) is 0 Å². The number of aryl methyl sites for hydroxylation is 1. The normalized spacial score (nSPS) is 25.5. The molecule has 1 amide bonds. The number of ether oxygens (including phenoxy) is 1. The maximum atomic E-state index is 12.6. The Morgan fingerprint density at radius 3 is 2.64 bits per heavy atom. The van der Waals surface area contributed by atoms with Gasteiger partial charge in [0.25, 0.3) is 11.5 Å². The van der Waals surface area contributed by atoms with Crippen LogP contribution in [0, 0.1) is 0 Å². The average molecular weight is 306 g/mol. The van der Waals surface area contributed by atoms with E-state index >= 15 is 0 Å². The quantitative estimate of drug-likeness (QED) is 0.769. The molecular formula is C15H22N4O3. The van der Waals surface area contributed by atoms with E-state index in [4.69, 9.17) is 4.74 Å². The molecule has 7 nitrogen and oxygen atoms in total. The molecule has 0 aromatic carbocycles. The first-order valence-electron chi connectivity index (χ1n) is 7.71. The molecule has 22 heavy (non-hydrogen) atoms. The summed E-state index contributed by atoms with van der Waals surface area (Å²) in [5.41, 5.74) is 0.0493. The van der Waals surface area contributed by atoms with E-state index in [1.807, 2.05) is 11.8 Å². The zero-order chi connectivity index (χ0) is 15.7. The molecule has 0 aliphatic carbocycles. The summed E-state index contributed by atoms with van der Waals surface area (Å²) in [6, 6.07) is 1.59. The monoisotopic (exact) mass is 306 g/mol. The Balaban J connectivity index is 1.63. The third-order valence-electron chi connectivity index (χ3n) is 4.56. The average Bonchev–Trinajstić information content (AvgIpc) is 2.97. The molecule has 0 radical (unpaired) electrons. The summed E-state index contributed by atoms with van der Waals surface area (Å²) < 4.78 is 6.94. The van der Waals surface area contributed by atoms with Gasteiger partial charge in [0.05, 0.1) is 11.9 Å². The zero-order valence-electron chi connectivity index (χ0n) is 13.1. The summed E-state index contributed by atoms with van der Waals surface area (Å²) in [4.78, 5) is 28.2. The Hall–Kier alpha value is -1.89. The maximum Gasteiger partial charge on any atom is 0.268 e. The predicted octanol–water partition coefficient (Wildman–Crippen LogP) is -0.00200. The number of carbonyl (C=O) groups is 1. The molecular weight excluding hydrogens is 284 g/mol. The van der Waals surface area contributed by atoms with Crippen LogP contribution in [0.4, 0.5) is 5.69 Å². The second-order valence-corrected chi connectivity index (χ2v) is 6.14. The number of aromatic nitrogens is 2. The van der Waals surface area contributed by atoms with Crippen LogP contribution in [0.5, 0.6) is 0 Å². The molecule has 2 fully saturated rings. The van der Waals surface area contributed by atoms with E-state index in [9.17, 15) is 9.59 Å². The lowest BCUT2D eigenvalue weighted by Gasteiger charge is -2.38. The fourth-order valence-electron chi connectivity index (χ4n) is 3.08. The molecule has 120 valence electrons. The van der Waals surface area contributed by atoms with Gasteiger partial charge in [-0.1, -0.05) is 0 Å². The molecule has 2 aliphatic heterocycles. The molecule has 1 atom stereocenters. The highest BCUT2D eigenvalue weighted by molar-refractivity contribution is 5.85. The summed E-state index contributed by atoms with van der Waals surface area (Å²) in [6.07, 6.45) is 3.44. The Morgan fingerprint density at radius 2 is 2.05 bits per heavy atom. The highest BCUT2D eigenvalue weighted by atomic mass is 16.5. The SMILES string of the molecule is Cn1ncc(N2CCN(C(=O)C3(C)CCCO3)CC2)cc1=O. The molecule has 0 N–H and O–H groups in total. The van der Waals surface area contributed by atoms with Crippen LogP contribution in [0.3, 0.4) is 0 Å². The summed E-state index contributed by atoms with van der Waals surface area (Å²) in [7, 11) is 1.63. The standard InChI is InChI=1S/C15H22N4O3/c1-15(4-3-9-22-15)14(21)19-7-5-18(6-8-19)12-10-13(20)17(2)16-11-12/h10-11H,3-9H2,1-2H3. The Morgan fingerprint density at radius 1 is 1.32 bits per heavy atom. The molecule has 1 unspecified atom stereocenters. The lowest BCUT2D eigenvalue weighted by molar-refractivity contribution is -0.151. The summed E-state index contributed by atoms with van der Waals surface area (Å²) >= 11 is 0. The van der Waals surface area contributed by atoms with Crippen LogP contribution in [-0.2, 0) is 16.6 Å². The van der Waals surface area contributed by atoms with Gasteiger partial charge in [-0.05, 0) is 19.8 Å². The first kappa shape index (κ1) is 15.0. The molecule has 2 saturated heterocycles. The van der Waals surface area contributed by atoms with Crippen LogP contribution in [0.1, 0.15) is 19.8 Å². The van der Waals surface area contributed by atoms with Crippen LogP contribution in [0.25, 0.3) is 0 Å². The van der Waals surface area contributed by atoms with Crippen molar-refractivity contribution >= 4 is 11.6 Å². The van der Waals surface area contributed by atoms with E-state index in [0.29, 0.717) is 32.8 Å². The van der Waals surface area contributed by atoms with Crippen molar-refractivity contribution in [3.05, 3.63) is 22.6 Å². The largest absolute Gasteiger partial charge is 0.367 e. The topological polar surface area (TPSA) is 67.7 Å². The lowest BCUT2D eigenvalue weighted by atomic mass is 10.0. The summed E-state index contributed by atoms with van der Waals surface area (Å²) in [5, 5.41) is 4.04. The smallest absolute Gasteiger partial charge is 0.268 e. The van der Waals surface area contributed by atoms with Gasteiger partial charge in [-0.2, -0.15) is 5.10 Å². The molecule has 3 rings (SSSR count). The first-order valence-corrected chi connectivity index (χ1v) is 7.71. The molecule has 0 spiro atoms. The molecule has 7 heteroatoms. The number of hydrogen-bond acceptors (Lipinski definition) is 5. The lowest BCUT2D eigenvalue weighted by Crippen LogP contribution is -2.55. The van der Waals surface area contributed by atoms with E-state index in [-0.39, 0.29) is 11.5 Å². The van der Waals surface area contributed by atoms with Crippen LogP contribution in [0.2, 0.25) is 0 Å². The van der Waals surface area contributed by atoms with Gasteiger partial charge < -0.3 is 14.5 Å². The van der Waals surface area contributed by atoms with Crippen molar-refractivity contribution in [1.82, 2.24) is 14.7 Å². The van der Waals surface area contributed by atoms with Gasteiger partial charge in [0.2, 0.25) is 0 Å². The second kappa shape index (κ2) is 5.72. The number of hydrogen-bond donors (Lipinski definition) is 0. The number of carbonyl (C=O) groups excluding carboxylic acids is 1. The molecule has 1 aromatic heterocycles. The van der Waals surface area contributed by atoms with Gasteiger partial charge >= 0.3 is 0 Å². The van der Waals surface area contributed by atoms with Crippen molar-refractivity contribution in [2.24, 2.45) is 7.05 Å². The highest BCUT2D eigenvalue weighted by Gasteiger charge is 2.41. The zero-order valence-corrected chi connectivity index (χ0v) is 13.1. The van der Waals surface area contributed by atoms with Gasteiger partial charge in [0.15, 0.2) is 0 Å². The number of rotatable bonds is 2. The molecule has 2 aliphatic rings. The first-order chi connectivity index (χ1) is 10.5. The maximum absolute atomic E-state index is 12.6. The van der Waals surface area contributed by atoms with E-state index in [2.05, 4.69) is 10.00 Å². The van der Waals surface area contributed by atoms with Crippen LogP contribution < -0.4 is 10.5 Å². The fourth-order valence-corrected chi connectivity index (χ4v) is 3.08. The van der Waals surface area contributed by atoms with E-state index in [0.717, 1.165) is 18.5 Å². The number of anilines is 1. The Kier molecular flexibility index (Phi) is 3.90. The van der Waals surface area contributed by atoms with Crippen molar-refractivity contribution in [2.75, 3.05) is 37.7 Å². The Bertz CT molecular complexity index is 613. The second-order valence-electron chi connectivity index (χ2n) is 6.14. The van der Waals surface area contributed by atoms with Crippen molar-refractivity contribution < 1.29 is 9.53 Å². The van der Waals surface area contributed by atoms with Crippen LogP contribution in [0.15, 0.2) is 17.1 Å². The van der Waals surface area contributed by atoms with E-state index in [1.54, 1.807) is 19.3 Å². The number of amides is 1. The van der Waals surface area contributed by atoms with Gasteiger partial charge in [-0.25, -0.2) is 4.68 Å². The Labute approximate surface area is 129 Å². The minimum Gasteiger partial charge on any atom is -0.367 e. The summed E-state index contributed by atoms with van der Waals surface area (Å²) in [5.74, 6) is 0.0896. The fraction of sp³-hybridized carbons (Fsp3) is 0.667. The van der Waals surface area contributed by atoms with Gasteiger partial charge in [-0.15, -0.1) is 0 Å². The molecule has 0 bridgehead atoms. The van der Waals surface area contributed by atoms with Gasteiger partial charge in [0.1, 0.15) is 5.60 Å². The molecule has 0 saturated carbocycles. The minimum absolute atomic E-state index is 0.0896. The highest BCUT2D eigenvalue weighted by Crippen LogP contribution is 2.28. The van der Waals surface area contributed by atoms with Crippen LogP contribution in [-0.4, -0.2) is 59.0 Å².